The van der Waals surface area contributed by atoms with E-state index in [1.807, 2.05) is 0 Å². The van der Waals surface area contributed by atoms with Gasteiger partial charge >= 0.3 is 0 Å². The second kappa shape index (κ2) is 6.01. The zero-order valence-electron chi connectivity index (χ0n) is 12.4. The van der Waals surface area contributed by atoms with E-state index in [1.54, 1.807) is 0 Å². The smallest absolute Gasteiger partial charge is 0.231 e. The van der Waals surface area contributed by atoms with E-state index in [0.717, 1.165) is 51.6 Å². The lowest BCUT2D eigenvalue weighted by molar-refractivity contribution is 0.0613. The van der Waals surface area contributed by atoms with Crippen LogP contribution in [0.5, 0.6) is 0 Å². The number of piperidine rings is 1. The van der Waals surface area contributed by atoms with E-state index in [2.05, 4.69) is 25.2 Å². The second-order valence-corrected chi connectivity index (χ2v) is 6.15. The Bertz CT molecular complexity index is 482. The lowest BCUT2D eigenvalue weighted by Gasteiger charge is -2.27. The molecule has 2 heterocycles. The summed E-state index contributed by atoms with van der Waals surface area (Å²) in [5.41, 5.74) is 5.16. The van der Waals surface area contributed by atoms with Crippen molar-refractivity contribution < 1.29 is 5.11 Å². The third kappa shape index (κ3) is 3.53. The van der Waals surface area contributed by atoms with Gasteiger partial charge in [-0.15, -0.1) is 0 Å². The Morgan fingerprint density at radius 1 is 1.05 bits per heavy atom. The summed E-state index contributed by atoms with van der Waals surface area (Å²) >= 11 is 0. The van der Waals surface area contributed by atoms with Crippen LogP contribution in [0.15, 0.2) is 0 Å². The minimum Gasteiger partial charge on any atom is -0.388 e. The van der Waals surface area contributed by atoms with Gasteiger partial charge in [-0.3, -0.25) is 0 Å². The molecule has 1 aromatic rings. The monoisotopic (exact) mass is 292 g/mol. The highest BCUT2D eigenvalue weighted by atomic mass is 16.3. The highest BCUT2D eigenvalue weighted by Crippen LogP contribution is 2.29. The second-order valence-electron chi connectivity index (χ2n) is 6.15. The first-order chi connectivity index (χ1) is 10.1. The standard InChI is InChI=1S/C14H24N6O/c15-11-17-12(16-10-14(21)6-2-3-7-14)19-13(18-11)20-8-4-1-5-9-20/h21H,1-10H2,(H3,15,16,17,18,19). The Balaban J connectivity index is 1.68. The van der Waals surface area contributed by atoms with E-state index in [4.69, 9.17) is 5.73 Å². The molecule has 0 radical (unpaired) electrons. The van der Waals surface area contributed by atoms with Crippen LogP contribution < -0.4 is 16.0 Å². The molecule has 0 spiro atoms. The van der Waals surface area contributed by atoms with Gasteiger partial charge in [0.15, 0.2) is 0 Å². The lowest BCUT2D eigenvalue weighted by Crippen LogP contribution is -2.35. The van der Waals surface area contributed by atoms with Crippen LogP contribution >= 0.6 is 0 Å². The lowest BCUT2D eigenvalue weighted by atomic mass is 10.0. The van der Waals surface area contributed by atoms with Crippen molar-refractivity contribution in [1.82, 2.24) is 15.0 Å². The molecule has 1 aromatic heterocycles. The number of rotatable bonds is 4. The van der Waals surface area contributed by atoms with Gasteiger partial charge in [-0.25, -0.2) is 0 Å². The molecule has 7 nitrogen and oxygen atoms in total. The highest BCUT2D eigenvalue weighted by molar-refractivity contribution is 5.42. The average molecular weight is 292 g/mol. The van der Waals surface area contributed by atoms with Crippen LogP contribution in [0.4, 0.5) is 17.8 Å². The number of hydrogen-bond donors (Lipinski definition) is 3. The molecule has 0 unspecified atom stereocenters. The molecule has 0 aromatic carbocycles. The first-order valence-corrected chi connectivity index (χ1v) is 7.87. The molecule has 0 bridgehead atoms. The van der Waals surface area contributed by atoms with Gasteiger partial charge in [0, 0.05) is 19.6 Å². The number of aliphatic hydroxyl groups is 1. The third-order valence-electron chi connectivity index (χ3n) is 4.39. The Labute approximate surface area is 125 Å². The van der Waals surface area contributed by atoms with Gasteiger partial charge in [0.25, 0.3) is 0 Å². The van der Waals surface area contributed by atoms with Crippen molar-refractivity contribution in [2.24, 2.45) is 0 Å². The molecule has 7 heteroatoms. The van der Waals surface area contributed by atoms with Gasteiger partial charge in [-0.1, -0.05) is 12.8 Å². The van der Waals surface area contributed by atoms with E-state index < -0.39 is 5.60 Å². The number of hydrogen-bond acceptors (Lipinski definition) is 7. The largest absolute Gasteiger partial charge is 0.388 e. The molecule has 0 atom stereocenters. The van der Waals surface area contributed by atoms with Crippen LogP contribution in [0, 0.1) is 0 Å². The number of nitrogen functional groups attached to an aromatic ring is 1. The Kier molecular flexibility index (Phi) is 4.10. The van der Waals surface area contributed by atoms with Crippen LogP contribution in [0.1, 0.15) is 44.9 Å². The van der Waals surface area contributed by atoms with Crippen LogP contribution in [-0.4, -0.2) is 45.3 Å². The van der Waals surface area contributed by atoms with Gasteiger partial charge in [-0.2, -0.15) is 15.0 Å². The van der Waals surface area contributed by atoms with Crippen LogP contribution in [0.3, 0.4) is 0 Å². The zero-order valence-corrected chi connectivity index (χ0v) is 12.4. The molecular weight excluding hydrogens is 268 g/mol. The van der Waals surface area contributed by atoms with Gasteiger partial charge in [-0.05, 0) is 32.1 Å². The number of aromatic nitrogens is 3. The normalized spacial score (nSPS) is 21.5. The van der Waals surface area contributed by atoms with E-state index in [-0.39, 0.29) is 5.95 Å². The Hall–Kier alpha value is -1.63. The van der Waals surface area contributed by atoms with Crippen molar-refractivity contribution in [3.8, 4) is 0 Å². The topological polar surface area (TPSA) is 100 Å². The fourth-order valence-corrected chi connectivity index (χ4v) is 3.15. The summed E-state index contributed by atoms with van der Waals surface area (Å²) in [6.07, 6.45) is 7.41. The molecule has 3 rings (SSSR count). The molecule has 21 heavy (non-hydrogen) atoms. The van der Waals surface area contributed by atoms with Gasteiger partial charge in [0.1, 0.15) is 0 Å². The summed E-state index contributed by atoms with van der Waals surface area (Å²) in [5, 5.41) is 13.5. The number of nitrogens with zero attached hydrogens (tertiary/aromatic N) is 4. The Morgan fingerprint density at radius 3 is 2.48 bits per heavy atom. The van der Waals surface area contributed by atoms with E-state index in [9.17, 15) is 5.11 Å². The molecule has 4 N–H and O–H groups in total. The SMILES string of the molecule is Nc1nc(NCC2(O)CCCC2)nc(N2CCCCC2)n1. The fourth-order valence-electron chi connectivity index (χ4n) is 3.15. The molecule has 116 valence electrons. The zero-order chi connectivity index (χ0) is 14.7. The first-order valence-electron chi connectivity index (χ1n) is 7.87. The molecule has 1 aliphatic carbocycles. The van der Waals surface area contributed by atoms with Crippen LogP contribution in [-0.2, 0) is 0 Å². The molecular formula is C14H24N6O. The summed E-state index contributed by atoms with van der Waals surface area (Å²) in [7, 11) is 0. The summed E-state index contributed by atoms with van der Waals surface area (Å²) in [5.74, 6) is 1.33. The van der Waals surface area contributed by atoms with Crippen molar-refractivity contribution in [2.75, 3.05) is 35.6 Å². The van der Waals surface area contributed by atoms with Crippen molar-refractivity contribution >= 4 is 17.8 Å². The molecule has 2 aliphatic rings. The molecule has 0 amide bonds. The van der Waals surface area contributed by atoms with Gasteiger partial charge in [0.05, 0.1) is 5.60 Å². The van der Waals surface area contributed by atoms with Crippen LogP contribution in [0.2, 0.25) is 0 Å². The number of nitrogens with two attached hydrogens (primary N) is 1. The minimum absolute atomic E-state index is 0.228. The fraction of sp³-hybridized carbons (Fsp3) is 0.786. The number of anilines is 3. The molecule has 1 saturated heterocycles. The van der Waals surface area contributed by atoms with Gasteiger partial charge < -0.3 is 21.1 Å². The van der Waals surface area contributed by atoms with E-state index >= 15 is 0 Å². The Morgan fingerprint density at radius 2 is 1.76 bits per heavy atom. The predicted molar refractivity (Wildman–Crippen MR) is 82.2 cm³/mol. The maximum Gasteiger partial charge on any atom is 0.231 e. The molecule has 1 aliphatic heterocycles. The summed E-state index contributed by atoms with van der Waals surface area (Å²) < 4.78 is 0. The van der Waals surface area contributed by atoms with Gasteiger partial charge in [0.2, 0.25) is 17.8 Å². The molecule has 2 fully saturated rings. The van der Waals surface area contributed by atoms with E-state index in [0.29, 0.717) is 18.4 Å². The van der Waals surface area contributed by atoms with Crippen LogP contribution in [0.25, 0.3) is 0 Å². The van der Waals surface area contributed by atoms with Crippen molar-refractivity contribution in [3.05, 3.63) is 0 Å². The maximum atomic E-state index is 10.4. The third-order valence-corrected chi connectivity index (χ3v) is 4.39. The summed E-state index contributed by atoms with van der Waals surface area (Å²) in [6.45, 7) is 2.40. The highest BCUT2D eigenvalue weighted by Gasteiger charge is 2.31. The summed E-state index contributed by atoms with van der Waals surface area (Å²) in [4.78, 5) is 15.0. The summed E-state index contributed by atoms with van der Waals surface area (Å²) in [6, 6.07) is 0. The van der Waals surface area contributed by atoms with Crippen molar-refractivity contribution in [2.45, 2.75) is 50.5 Å². The molecule has 1 saturated carbocycles. The minimum atomic E-state index is -0.632. The average Bonchev–Trinajstić information content (AvgIpc) is 2.93. The van der Waals surface area contributed by atoms with Crippen molar-refractivity contribution in [1.29, 1.82) is 0 Å². The first kappa shape index (κ1) is 14.3. The maximum absolute atomic E-state index is 10.4. The quantitative estimate of drug-likeness (QED) is 0.765. The van der Waals surface area contributed by atoms with Crippen molar-refractivity contribution in [3.63, 3.8) is 0 Å². The predicted octanol–water partition coefficient (Wildman–Crippen LogP) is 1.16. The number of nitrogens with one attached hydrogen (secondary N) is 1. The van der Waals surface area contributed by atoms with E-state index in [1.165, 1.54) is 6.42 Å².